The highest BCUT2D eigenvalue weighted by Gasteiger charge is 1.99. The number of H-pyrrole nitrogens is 1. The summed E-state index contributed by atoms with van der Waals surface area (Å²) >= 11 is 0. The van der Waals surface area contributed by atoms with Crippen LogP contribution in [0.25, 0.3) is 10.9 Å². The summed E-state index contributed by atoms with van der Waals surface area (Å²) in [5.74, 6) is 0.638. The Morgan fingerprint density at radius 1 is 1.00 bits per heavy atom. The third-order valence-electron chi connectivity index (χ3n) is 3.10. The summed E-state index contributed by atoms with van der Waals surface area (Å²) in [6.45, 7) is 0.581. The van der Waals surface area contributed by atoms with Gasteiger partial charge in [-0.05, 0) is 41.3 Å². The molecule has 0 saturated heterocycles. The molecule has 0 aliphatic carbocycles. The maximum Gasteiger partial charge on any atom is 0.123 e. The van der Waals surface area contributed by atoms with Crippen LogP contribution in [-0.2, 0) is 6.42 Å². The van der Waals surface area contributed by atoms with Crippen LogP contribution in [0.3, 0.4) is 0 Å². The first kappa shape index (κ1) is 11.8. The van der Waals surface area contributed by atoms with Gasteiger partial charge in [-0.2, -0.15) is 0 Å². The van der Waals surface area contributed by atoms with Crippen molar-refractivity contribution >= 4 is 10.9 Å². The lowest BCUT2D eigenvalue weighted by atomic mass is 10.1. The molecule has 3 rings (SSSR count). The van der Waals surface area contributed by atoms with Gasteiger partial charge in [0.25, 0.3) is 0 Å². The summed E-state index contributed by atoms with van der Waals surface area (Å²) in [6.07, 6.45) is 2.68. The summed E-state index contributed by atoms with van der Waals surface area (Å²) in [6, 6.07) is 14.5. The van der Waals surface area contributed by atoms with Gasteiger partial charge < -0.3 is 9.72 Å². The van der Waals surface area contributed by atoms with E-state index in [-0.39, 0.29) is 5.82 Å². The number of benzene rings is 2. The minimum Gasteiger partial charge on any atom is -0.493 e. The van der Waals surface area contributed by atoms with Gasteiger partial charge in [-0.15, -0.1) is 0 Å². The van der Waals surface area contributed by atoms with Crippen LogP contribution in [0.15, 0.2) is 54.7 Å². The second-order valence-corrected chi connectivity index (χ2v) is 4.45. The van der Waals surface area contributed by atoms with Gasteiger partial charge in [-0.3, -0.25) is 0 Å². The van der Waals surface area contributed by atoms with Crippen LogP contribution in [-0.4, -0.2) is 11.6 Å². The fraction of sp³-hybridized carbons (Fsp3) is 0.125. The predicted octanol–water partition coefficient (Wildman–Crippen LogP) is 3.93. The van der Waals surface area contributed by atoms with Gasteiger partial charge in [0.2, 0.25) is 0 Å². The van der Waals surface area contributed by atoms with E-state index >= 15 is 0 Å². The average Bonchev–Trinajstić information content (AvgIpc) is 2.88. The normalized spacial score (nSPS) is 10.8. The maximum atomic E-state index is 12.8. The summed E-state index contributed by atoms with van der Waals surface area (Å²) in [5, 5.41) is 1.17. The molecule has 0 fully saturated rings. The fourth-order valence-electron chi connectivity index (χ4n) is 2.05. The monoisotopic (exact) mass is 255 g/mol. The standard InChI is InChI=1S/C16H14FNO/c17-14-4-1-12(2-5-14)8-10-19-15-6-3-13-7-9-18-16(13)11-15/h1-7,9,11,18H,8,10H2. The number of hydrogen-bond acceptors (Lipinski definition) is 1. The van der Waals surface area contributed by atoms with E-state index in [0.29, 0.717) is 6.61 Å². The Kier molecular flexibility index (Phi) is 3.19. The van der Waals surface area contributed by atoms with Gasteiger partial charge in [0.1, 0.15) is 11.6 Å². The SMILES string of the molecule is Fc1ccc(CCOc2ccc3cc[nH]c3c2)cc1. The Morgan fingerprint density at radius 3 is 2.68 bits per heavy atom. The van der Waals surface area contributed by atoms with Crippen molar-refractivity contribution in [1.29, 1.82) is 0 Å². The number of halogens is 1. The number of fused-ring (bicyclic) bond motifs is 1. The molecule has 0 atom stereocenters. The Labute approximate surface area is 110 Å². The molecule has 0 aliphatic heterocycles. The first-order valence-corrected chi connectivity index (χ1v) is 6.26. The third kappa shape index (κ3) is 2.76. The number of hydrogen-bond donors (Lipinski definition) is 1. The van der Waals surface area contributed by atoms with Crippen LogP contribution >= 0.6 is 0 Å². The van der Waals surface area contributed by atoms with E-state index in [4.69, 9.17) is 4.74 Å². The molecule has 96 valence electrons. The van der Waals surface area contributed by atoms with Crippen molar-refractivity contribution in [2.45, 2.75) is 6.42 Å². The molecule has 1 N–H and O–H groups in total. The lowest BCUT2D eigenvalue weighted by Gasteiger charge is -2.06. The number of rotatable bonds is 4. The Balaban J connectivity index is 1.61. The summed E-state index contributed by atoms with van der Waals surface area (Å²) in [7, 11) is 0. The minimum absolute atomic E-state index is 0.207. The quantitative estimate of drug-likeness (QED) is 0.750. The molecule has 2 aromatic carbocycles. The molecular formula is C16H14FNO. The van der Waals surface area contributed by atoms with Crippen molar-refractivity contribution in [1.82, 2.24) is 4.98 Å². The molecule has 0 radical (unpaired) electrons. The zero-order valence-electron chi connectivity index (χ0n) is 10.4. The molecule has 0 spiro atoms. The Morgan fingerprint density at radius 2 is 1.84 bits per heavy atom. The third-order valence-corrected chi connectivity index (χ3v) is 3.10. The van der Waals surface area contributed by atoms with Gasteiger partial charge in [-0.1, -0.05) is 12.1 Å². The van der Waals surface area contributed by atoms with Gasteiger partial charge in [0, 0.05) is 24.2 Å². The minimum atomic E-state index is -0.207. The fourth-order valence-corrected chi connectivity index (χ4v) is 2.05. The van der Waals surface area contributed by atoms with Crippen LogP contribution < -0.4 is 4.74 Å². The lowest BCUT2D eigenvalue weighted by Crippen LogP contribution is -2.01. The summed E-state index contributed by atoms with van der Waals surface area (Å²) in [5.41, 5.74) is 2.14. The molecule has 1 heterocycles. The van der Waals surface area contributed by atoms with Gasteiger partial charge >= 0.3 is 0 Å². The zero-order valence-corrected chi connectivity index (χ0v) is 10.4. The van der Waals surface area contributed by atoms with Crippen molar-refractivity contribution in [3.8, 4) is 5.75 Å². The molecule has 19 heavy (non-hydrogen) atoms. The molecule has 0 bridgehead atoms. The number of ether oxygens (including phenoxy) is 1. The molecule has 0 unspecified atom stereocenters. The Bertz CT molecular complexity index is 673. The highest BCUT2D eigenvalue weighted by atomic mass is 19.1. The molecular weight excluding hydrogens is 241 g/mol. The van der Waals surface area contributed by atoms with Gasteiger partial charge in [0.05, 0.1) is 6.61 Å². The highest BCUT2D eigenvalue weighted by Crippen LogP contribution is 2.19. The maximum absolute atomic E-state index is 12.8. The van der Waals surface area contributed by atoms with Crippen molar-refractivity contribution in [2.75, 3.05) is 6.61 Å². The van der Waals surface area contributed by atoms with E-state index in [1.54, 1.807) is 12.1 Å². The smallest absolute Gasteiger partial charge is 0.123 e. The average molecular weight is 255 g/mol. The van der Waals surface area contributed by atoms with Crippen LogP contribution in [0.2, 0.25) is 0 Å². The molecule has 3 aromatic rings. The van der Waals surface area contributed by atoms with E-state index in [9.17, 15) is 4.39 Å². The first-order valence-electron chi connectivity index (χ1n) is 6.26. The van der Waals surface area contributed by atoms with Crippen molar-refractivity contribution in [2.24, 2.45) is 0 Å². The van der Waals surface area contributed by atoms with Crippen LogP contribution in [0, 0.1) is 5.82 Å². The van der Waals surface area contributed by atoms with Crippen LogP contribution in [0.4, 0.5) is 4.39 Å². The topological polar surface area (TPSA) is 25.0 Å². The second-order valence-electron chi connectivity index (χ2n) is 4.45. The molecule has 3 heteroatoms. The van der Waals surface area contributed by atoms with Crippen molar-refractivity contribution in [3.63, 3.8) is 0 Å². The molecule has 1 aromatic heterocycles. The van der Waals surface area contributed by atoms with Gasteiger partial charge in [0.15, 0.2) is 0 Å². The summed E-state index contributed by atoms with van der Waals surface area (Å²) in [4.78, 5) is 3.15. The molecule has 0 amide bonds. The van der Waals surface area contributed by atoms with Crippen LogP contribution in [0.1, 0.15) is 5.56 Å². The van der Waals surface area contributed by atoms with E-state index < -0.39 is 0 Å². The predicted molar refractivity (Wildman–Crippen MR) is 73.9 cm³/mol. The van der Waals surface area contributed by atoms with E-state index in [0.717, 1.165) is 23.3 Å². The number of nitrogens with one attached hydrogen (secondary N) is 1. The molecule has 2 nitrogen and oxygen atoms in total. The molecule has 0 aliphatic rings. The summed E-state index contributed by atoms with van der Waals surface area (Å²) < 4.78 is 18.5. The van der Waals surface area contributed by atoms with E-state index in [1.165, 1.54) is 17.5 Å². The largest absolute Gasteiger partial charge is 0.493 e. The van der Waals surface area contributed by atoms with E-state index in [2.05, 4.69) is 4.98 Å². The van der Waals surface area contributed by atoms with Crippen LogP contribution in [0.5, 0.6) is 5.75 Å². The van der Waals surface area contributed by atoms with Gasteiger partial charge in [-0.25, -0.2) is 4.39 Å². The Hall–Kier alpha value is -2.29. The highest BCUT2D eigenvalue weighted by molar-refractivity contribution is 5.80. The lowest BCUT2D eigenvalue weighted by molar-refractivity contribution is 0.322. The van der Waals surface area contributed by atoms with E-state index in [1.807, 2.05) is 30.5 Å². The number of aromatic nitrogens is 1. The second kappa shape index (κ2) is 5.14. The zero-order chi connectivity index (χ0) is 13.1. The van der Waals surface area contributed by atoms with Crippen molar-refractivity contribution < 1.29 is 9.13 Å². The number of aromatic amines is 1. The molecule has 0 saturated carbocycles. The van der Waals surface area contributed by atoms with Crippen molar-refractivity contribution in [3.05, 3.63) is 66.1 Å². The first-order chi connectivity index (χ1) is 9.31.